The first-order valence-electron chi connectivity index (χ1n) is 6.79. The zero-order valence-electron chi connectivity index (χ0n) is 11.5. The maximum atomic E-state index is 9.46. The van der Waals surface area contributed by atoms with Crippen LogP contribution < -0.4 is 4.74 Å². The molecule has 0 aliphatic rings. The van der Waals surface area contributed by atoms with Crippen LogP contribution in [0.25, 0.3) is 5.69 Å². The monoisotopic (exact) mass is 280 g/mol. The van der Waals surface area contributed by atoms with Crippen molar-refractivity contribution in [3.63, 3.8) is 0 Å². The number of aromatic nitrogens is 2. The van der Waals surface area contributed by atoms with Crippen molar-refractivity contribution in [2.24, 2.45) is 0 Å². The van der Waals surface area contributed by atoms with Crippen molar-refractivity contribution in [1.29, 1.82) is 0 Å². The van der Waals surface area contributed by atoms with Crippen LogP contribution in [0, 0.1) is 0 Å². The fourth-order valence-corrected chi connectivity index (χ4v) is 2.10. The number of aliphatic hydroxyl groups excluding tert-OH is 1. The van der Waals surface area contributed by atoms with Crippen molar-refractivity contribution in [2.45, 2.75) is 13.2 Å². The highest BCUT2D eigenvalue weighted by molar-refractivity contribution is 5.34. The molecule has 1 N–H and O–H groups in total. The molecule has 1 heterocycles. The molecule has 0 saturated heterocycles. The SMILES string of the molecule is OCc1cc(OCc2ccccc2)nn1-c1ccccc1. The van der Waals surface area contributed by atoms with Gasteiger partial charge in [-0.05, 0) is 17.7 Å². The number of para-hydroxylation sites is 1. The molecule has 0 saturated carbocycles. The van der Waals surface area contributed by atoms with Gasteiger partial charge in [0.15, 0.2) is 0 Å². The molecule has 0 fully saturated rings. The maximum absolute atomic E-state index is 9.46. The van der Waals surface area contributed by atoms with Gasteiger partial charge >= 0.3 is 0 Å². The van der Waals surface area contributed by atoms with Gasteiger partial charge in [0.05, 0.1) is 18.0 Å². The molecule has 0 aliphatic heterocycles. The highest BCUT2D eigenvalue weighted by atomic mass is 16.5. The fraction of sp³-hybridized carbons (Fsp3) is 0.118. The zero-order chi connectivity index (χ0) is 14.5. The average molecular weight is 280 g/mol. The molecule has 0 unspecified atom stereocenters. The normalized spacial score (nSPS) is 10.5. The number of ether oxygens (including phenoxy) is 1. The average Bonchev–Trinajstić information content (AvgIpc) is 2.98. The summed E-state index contributed by atoms with van der Waals surface area (Å²) in [7, 11) is 0. The van der Waals surface area contributed by atoms with E-state index in [0.29, 0.717) is 18.2 Å². The summed E-state index contributed by atoms with van der Waals surface area (Å²) >= 11 is 0. The number of nitrogens with zero attached hydrogens (tertiary/aromatic N) is 2. The van der Waals surface area contributed by atoms with Crippen molar-refractivity contribution in [3.05, 3.63) is 78.0 Å². The first kappa shape index (κ1) is 13.4. The predicted octanol–water partition coefficient (Wildman–Crippen LogP) is 2.94. The van der Waals surface area contributed by atoms with Crippen molar-refractivity contribution >= 4 is 0 Å². The van der Waals surface area contributed by atoms with Crippen LogP contribution in [0.5, 0.6) is 5.88 Å². The molecule has 0 amide bonds. The molecule has 0 atom stereocenters. The van der Waals surface area contributed by atoms with Crippen molar-refractivity contribution in [3.8, 4) is 11.6 Å². The molecule has 0 aliphatic carbocycles. The van der Waals surface area contributed by atoms with Crippen LogP contribution >= 0.6 is 0 Å². The minimum Gasteiger partial charge on any atom is -0.472 e. The van der Waals surface area contributed by atoms with Gasteiger partial charge in [0, 0.05) is 6.07 Å². The van der Waals surface area contributed by atoms with Gasteiger partial charge in [0.1, 0.15) is 6.61 Å². The third-order valence-electron chi connectivity index (χ3n) is 3.15. The molecular formula is C17H16N2O2. The van der Waals surface area contributed by atoms with Crippen LogP contribution in [-0.2, 0) is 13.2 Å². The summed E-state index contributed by atoms with van der Waals surface area (Å²) in [5.41, 5.74) is 2.68. The maximum Gasteiger partial charge on any atom is 0.233 e. The van der Waals surface area contributed by atoms with E-state index in [4.69, 9.17) is 4.74 Å². The summed E-state index contributed by atoms with van der Waals surface area (Å²) in [6.07, 6.45) is 0. The lowest BCUT2D eigenvalue weighted by molar-refractivity contribution is 0.273. The Kier molecular flexibility index (Phi) is 3.98. The molecule has 0 spiro atoms. The van der Waals surface area contributed by atoms with E-state index in [9.17, 15) is 5.11 Å². The number of hydrogen-bond acceptors (Lipinski definition) is 3. The second-order valence-electron chi connectivity index (χ2n) is 4.65. The number of hydrogen-bond donors (Lipinski definition) is 1. The molecule has 4 nitrogen and oxygen atoms in total. The van der Waals surface area contributed by atoms with Gasteiger partial charge in [0.25, 0.3) is 0 Å². The van der Waals surface area contributed by atoms with E-state index in [2.05, 4.69) is 5.10 Å². The second-order valence-corrected chi connectivity index (χ2v) is 4.65. The zero-order valence-corrected chi connectivity index (χ0v) is 11.5. The lowest BCUT2D eigenvalue weighted by Crippen LogP contribution is -2.02. The van der Waals surface area contributed by atoms with Gasteiger partial charge in [-0.2, -0.15) is 0 Å². The van der Waals surface area contributed by atoms with Gasteiger partial charge in [-0.15, -0.1) is 5.10 Å². The van der Waals surface area contributed by atoms with Crippen LogP contribution in [0.15, 0.2) is 66.7 Å². The molecule has 3 rings (SSSR count). The van der Waals surface area contributed by atoms with Crippen molar-refractivity contribution < 1.29 is 9.84 Å². The van der Waals surface area contributed by atoms with Crippen LogP contribution in [0.1, 0.15) is 11.3 Å². The molecular weight excluding hydrogens is 264 g/mol. The number of aliphatic hydroxyl groups is 1. The third kappa shape index (κ3) is 3.12. The minimum absolute atomic E-state index is 0.0867. The highest BCUT2D eigenvalue weighted by Gasteiger charge is 2.09. The van der Waals surface area contributed by atoms with Crippen LogP contribution in [-0.4, -0.2) is 14.9 Å². The van der Waals surface area contributed by atoms with E-state index >= 15 is 0 Å². The van der Waals surface area contributed by atoms with E-state index in [1.54, 1.807) is 10.7 Å². The summed E-state index contributed by atoms with van der Waals surface area (Å²) < 4.78 is 7.39. The van der Waals surface area contributed by atoms with Crippen molar-refractivity contribution in [1.82, 2.24) is 9.78 Å². The molecule has 106 valence electrons. The predicted molar refractivity (Wildman–Crippen MR) is 80.3 cm³/mol. The Morgan fingerprint density at radius 2 is 1.62 bits per heavy atom. The molecule has 21 heavy (non-hydrogen) atoms. The van der Waals surface area contributed by atoms with E-state index in [-0.39, 0.29) is 6.61 Å². The first-order valence-corrected chi connectivity index (χ1v) is 6.79. The summed E-state index contributed by atoms with van der Waals surface area (Å²) in [5, 5.41) is 13.9. The molecule has 3 aromatic rings. The second kappa shape index (κ2) is 6.24. The van der Waals surface area contributed by atoms with Gasteiger partial charge in [-0.1, -0.05) is 48.5 Å². The van der Waals surface area contributed by atoms with E-state index < -0.39 is 0 Å². The summed E-state index contributed by atoms with van der Waals surface area (Å²) in [6, 6.07) is 21.4. The lowest BCUT2D eigenvalue weighted by atomic mass is 10.2. The summed E-state index contributed by atoms with van der Waals surface area (Å²) in [4.78, 5) is 0. The Bertz CT molecular complexity index is 693. The Morgan fingerprint density at radius 3 is 2.29 bits per heavy atom. The molecule has 2 aromatic carbocycles. The lowest BCUT2D eigenvalue weighted by Gasteiger charge is -2.04. The molecule has 0 bridgehead atoms. The Labute approximate surface area is 123 Å². The van der Waals surface area contributed by atoms with Gasteiger partial charge in [-0.25, -0.2) is 4.68 Å². The van der Waals surface area contributed by atoms with E-state index in [1.165, 1.54) is 0 Å². The topological polar surface area (TPSA) is 47.3 Å². The van der Waals surface area contributed by atoms with E-state index in [1.807, 2.05) is 60.7 Å². The summed E-state index contributed by atoms with van der Waals surface area (Å²) in [5.74, 6) is 0.506. The Hall–Kier alpha value is -2.59. The van der Waals surface area contributed by atoms with Crippen LogP contribution in [0.2, 0.25) is 0 Å². The standard InChI is InChI=1S/C17H16N2O2/c20-12-16-11-17(21-13-14-7-3-1-4-8-14)18-19(16)15-9-5-2-6-10-15/h1-11,20H,12-13H2. The number of benzene rings is 2. The molecule has 4 heteroatoms. The molecule has 1 aromatic heterocycles. The number of rotatable bonds is 5. The highest BCUT2D eigenvalue weighted by Crippen LogP contribution is 2.18. The van der Waals surface area contributed by atoms with Gasteiger partial charge in [0.2, 0.25) is 5.88 Å². The third-order valence-corrected chi connectivity index (χ3v) is 3.15. The van der Waals surface area contributed by atoms with Gasteiger partial charge in [-0.3, -0.25) is 0 Å². The Balaban J connectivity index is 1.80. The van der Waals surface area contributed by atoms with Crippen LogP contribution in [0.3, 0.4) is 0 Å². The fourth-order valence-electron chi connectivity index (χ4n) is 2.10. The summed E-state index contributed by atoms with van der Waals surface area (Å²) in [6.45, 7) is 0.369. The molecule has 0 radical (unpaired) electrons. The quantitative estimate of drug-likeness (QED) is 0.781. The minimum atomic E-state index is -0.0867. The van der Waals surface area contributed by atoms with Crippen LogP contribution in [0.4, 0.5) is 0 Å². The Morgan fingerprint density at radius 1 is 0.952 bits per heavy atom. The van der Waals surface area contributed by atoms with E-state index in [0.717, 1.165) is 11.3 Å². The van der Waals surface area contributed by atoms with Gasteiger partial charge < -0.3 is 9.84 Å². The van der Waals surface area contributed by atoms with Crippen molar-refractivity contribution in [2.75, 3.05) is 0 Å². The smallest absolute Gasteiger partial charge is 0.233 e. The largest absolute Gasteiger partial charge is 0.472 e. The first-order chi connectivity index (χ1) is 10.4.